The Hall–Kier alpha value is -2.57. The summed E-state index contributed by atoms with van der Waals surface area (Å²) in [4.78, 5) is 27.4. The first-order valence-corrected chi connectivity index (χ1v) is 10.2. The number of hydrogen-bond donors (Lipinski definition) is 2. The third-order valence-corrected chi connectivity index (χ3v) is 5.62. The largest absolute Gasteiger partial charge is 0.395 e. The summed E-state index contributed by atoms with van der Waals surface area (Å²) >= 11 is 0. The number of nitrogens with one attached hydrogen (secondary N) is 1. The molecule has 1 atom stereocenters. The van der Waals surface area contributed by atoms with Gasteiger partial charge < -0.3 is 10.1 Å². The van der Waals surface area contributed by atoms with Crippen molar-refractivity contribution in [2.24, 2.45) is 5.41 Å². The molecule has 1 saturated heterocycles. The second kappa shape index (κ2) is 7.69. The first-order chi connectivity index (χ1) is 13.9. The normalized spacial score (nSPS) is 17.9. The van der Waals surface area contributed by atoms with Gasteiger partial charge in [0.15, 0.2) is 11.4 Å². The fraction of sp³-hybridized carbons (Fsp3) is 0.435. The molecule has 1 unspecified atom stereocenters. The summed E-state index contributed by atoms with van der Waals surface area (Å²) in [5.41, 5.74) is 4.26. The fourth-order valence-electron chi connectivity index (χ4n) is 3.98. The third-order valence-electron chi connectivity index (χ3n) is 5.62. The van der Waals surface area contributed by atoms with Gasteiger partial charge in [0.2, 0.25) is 0 Å². The van der Waals surface area contributed by atoms with E-state index in [1.807, 2.05) is 32.9 Å². The second-order valence-corrected chi connectivity index (χ2v) is 8.88. The Morgan fingerprint density at radius 2 is 2.17 bits per heavy atom. The molecule has 1 aromatic carbocycles. The number of carbonyl (C=O) groups excluding carboxylic acids is 1. The molecule has 2 aromatic heterocycles. The van der Waals surface area contributed by atoms with E-state index in [2.05, 4.69) is 27.0 Å². The van der Waals surface area contributed by atoms with Gasteiger partial charge >= 0.3 is 0 Å². The number of benzene rings is 1. The van der Waals surface area contributed by atoms with E-state index in [0.717, 1.165) is 37.2 Å². The van der Waals surface area contributed by atoms with Crippen molar-refractivity contribution in [2.45, 2.75) is 46.2 Å². The summed E-state index contributed by atoms with van der Waals surface area (Å²) in [7, 11) is 0. The van der Waals surface area contributed by atoms with Crippen molar-refractivity contribution in [1.29, 1.82) is 0 Å². The molecule has 152 valence electrons. The van der Waals surface area contributed by atoms with Crippen molar-refractivity contribution < 1.29 is 9.90 Å². The van der Waals surface area contributed by atoms with E-state index in [-0.39, 0.29) is 18.4 Å². The molecule has 1 fully saturated rings. The molecular formula is C23H28N4O2. The SMILES string of the molecule is CC(C)(C)C(=O)c1c[nH]c2ncc(-c3cccc(CN4CCCC4CO)c3)nc12. The van der Waals surface area contributed by atoms with Crippen molar-refractivity contribution in [1.82, 2.24) is 19.9 Å². The molecule has 0 aliphatic carbocycles. The molecule has 29 heavy (non-hydrogen) atoms. The molecule has 3 aromatic rings. The molecule has 4 rings (SSSR count). The highest BCUT2D eigenvalue weighted by molar-refractivity contribution is 6.08. The number of Topliss-reactive ketones (excluding diaryl/α,β-unsaturated/α-hetero) is 1. The topological polar surface area (TPSA) is 82.1 Å². The van der Waals surface area contributed by atoms with Gasteiger partial charge in [-0.3, -0.25) is 9.69 Å². The summed E-state index contributed by atoms with van der Waals surface area (Å²) in [6.45, 7) is 7.77. The maximum Gasteiger partial charge on any atom is 0.171 e. The van der Waals surface area contributed by atoms with Gasteiger partial charge in [-0.15, -0.1) is 0 Å². The lowest BCUT2D eigenvalue weighted by molar-refractivity contribution is 0.0860. The summed E-state index contributed by atoms with van der Waals surface area (Å²) in [6.07, 6.45) is 5.64. The highest BCUT2D eigenvalue weighted by Gasteiger charge is 2.27. The summed E-state index contributed by atoms with van der Waals surface area (Å²) in [6, 6.07) is 8.53. The first kappa shape index (κ1) is 19.7. The Labute approximate surface area is 171 Å². The van der Waals surface area contributed by atoms with E-state index in [9.17, 15) is 9.90 Å². The van der Waals surface area contributed by atoms with Crippen molar-refractivity contribution in [3.63, 3.8) is 0 Å². The Bertz CT molecular complexity index is 1030. The van der Waals surface area contributed by atoms with Gasteiger partial charge in [-0.1, -0.05) is 39.0 Å². The molecule has 6 heteroatoms. The van der Waals surface area contributed by atoms with E-state index >= 15 is 0 Å². The average Bonchev–Trinajstić information content (AvgIpc) is 3.32. The molecule has 0 radical (unpaired) electrons. The highest BCUT2D eigenvalue weighted by atomic mass is 16.3. The number of likely N-dealkylation sites (tertiary alicyclic amines) is 1. The smallest absolute Gasteiger partial charge is 0.171 e. The van der Waals surface area contributed by atoms with Gasteiger partial charge in [0.25, 0.3) is 0 Å². The molecule has 0 spiro atoms. The maximum atomic E-state index is 12.8. The summed E-state index contributed by atoms with van der Waals surface area (Å²) in [5.74, 6) is 0.0491. The quantitative estimate of drug-likeness (QED) is 0.645. The zero-order valence-electron chi connectivity index (χ0n) is 17.3. The monoisotopic (exact) mass is 392 g/mol. The van der Waals surface area contributed by atoms with Crippen molar-refractivity contribution >= 4 is 16.9 Å². The predicted molar refractivity (Wildman–Crippen MR) is 114 cm³/mol. The first-order valence-electron chi connectivity index (χ1n) is 10.2. The van der Waals surface area contributed by atoms with Crippen LogP contribution in [0.5, 0.6) is 0 Å². The number of aliphatic hydroxyl groups is 1. The number of H-pyrrole nitrogens is 1. The van der Waals surface area contributed by atoms with Crippen molar-refractivity contribution in [3.8, 4) is 11.3 Å². The van der Waals surface area contributed by atoms with Crippen LogP contribution in [0.2, 0.25) is 0 Å². The number of aromatic nitrogens is 3. The second-order valence-electron chi connectivity index (χ2n) is 8.88. The molecule has 0 bridgehead atoms. The maximum absolute atomic E-state index is 12.8. The predicted octanol–water partition coefficient (Wildman–Crippen LogP) is 3.81. The molecule has 6 nitrogen and oxygen atoms in total. The minimum atomic E-state index is -0.480. The average molecular weight is 393 g/mol. The van der Waals surface area contributed by atoms with E-state index < -0.39 is 5.41 Å². The van der Waals surface area contributed by atoms with Gasteiger partial charge in [0.05, 0.1) is 24.1 Å². The van der Waals surface area contributed by atoms with Crippen LogP contribution in [-0.2, 0) is 6.54 Å². The van der Waals surface area contributed by atoms with Crippen LogP contribution >= 0.6 is 0 Å². The number of rotatable bonds is 5. The van der Waals surface area contributed by atoms with Crippen LogP contribution in [0.4, 0.5) is 0 Å². The lowest BCUT2D eigenvalue weighted by Gasteiger charge is -2.22. The molecule has 3 heterocycles. The lowest BCUT2D eigenvalue weighted by Crippen LogP contribution is -2.31. The van der Waals surface area contributed by atoms with E-state index in [4.69, 9.17) is 4.98 Å². The summed E-state index contributed by atoms with van der Waals surface area (Å²) < 4.78 is 0. The Morgan fingerprint density at radius 3 is 2.93 bits per heavy atom. The standard InChI is InChI=1S/C23H28N4O2/c1-23(2,3)21(29)18-11-24-22-20(18)26-19(12-25-22)16-7-4-6-15(10-16)13-27-9-5-8-17(27)14-28/h4,6-7,10-12,17,28H,5,8-9,13-14H2,1-3H3,(H,24,25). The molecule has 1 aliphatic rings. The molecule has 1 aliphatic heterocycles. The molecule has 0 saturated carbocycles. The minimum Gasteiger partial charge on any atom is -0.395 e. The molecule has 2 N–H and O–H groups in total. The summed E-state index contributed by atoms with van der Waals surface area (Å²) in [5, 5.41) is 9.56. The van der Waals surface area contributed by atoms with Crippen LogP contribution in [0.1, 0.15) is 49.5 Å². The number of aromatic amines is 1. The minimum absolute atomic E-state index is 0.0491. The molecule has 0 amide bonds. The number of carbonyl (C=O) groups is 1. The zero-order chi connectivity index (χ0) is 20.6. The molecular weight excluding hydrogens is 364 g/mol. The van der Waals surface area contributed by atoms with Crippen LogP contribution < -0.4 is 0 Å². The van der Waals surface area contributed by atoms with Crippen molar-refractivity contribution in [3.05, 3.63) is 47.8 Å². The van der Waals surface area contributed by atoms with Crippen LogP contribution in [0, 0.1) is 5.41 Å². The van der Waals surface area contributed by atoms with Gasteiger partial charge in [-0.2, -0.15) is 0 Å². The van der Waals surface area contributed by atoms with Gasteiger partial charge in [-0.05, 0) is 31.0 Å². The number of hydrogen-bond acceptors (Lipinski definition) is 5. The Morgan fingerprint density at radius 1 is 1.34 bits per heavy atom. The van der Waals surface area contributed by atoms with Crippen LogP contribution in [0.15, 0.2) is 36.7 Å². The van der Waals surface area contributed by atoms with Gasteiger partial charge in [0, 0.05) is 29.8 Å². The number of nitrogens with zero attached hydrogens (tertiary/aromatic N) is 3. The van der Waals surface area contributed by atoms with E-state index in [1.54, 1.807) is 12.4 Å². The Kier molecular flexibility index (Phi) is 5.23. The van der Waals surface area contributed by atoms with Crippen LogP contribution in [0.3, 0.4) is 0 Å². The third kappa shape index (κ3) is 3.95. The van der Waals surface area contributed by atoms with E-state index in [0.29, 0.717) is 16.7 Å². The van der Waals surface area contributed by atoms with Gasteiger partial charge in [0.1, 0.15) is 5.52 Å². The number of fused-ring (bicyclic) bond motifs is 1. The van der Waals surface area contributed by atoms with Crippen LogP contribution in [-0.4, -0.2) is 49.9 Å². The van der Waals surface area contributed by atoms with E-state index in [1.165, 1.54) is 5.56 Å². The van der Waals surface area contributed by atoms with Gasteiger partial charge in [-0.25, -0.2) is 9.97 Å². The number of ketones is 1. The lowest BCUT2D eigenvalue weighted by atomic mass is 9.87. The fourth-order valence-corrected chi connectivity index (χ4v) is 3.98. The number of aliphatic hydroxyl groups excluding tert-OH is 1. The highest BCUT2D eigenvalue weighted by Crippen LogP contribution is 2.28. The van der Waals surface area contributed by atoms with Crippen LogP contribution in [0.25, 0.3) is 22.4 Å². The van der Waals surface area contributed by atoms with Crippen molar-refractivity contribution in [2.75, 3.05) is 13.2 Å². The zero-order valence-corrected chi connectivity index (χ0v) is 17.3. The Balaban J connectivity index is 1.65.